The molecule has 0 fully saturated rings. The van der Waals surface area contributed by atoms with E-state index in [0.717, 1.165) is 36.6 Å². The van der Waals surface area contributed by atoms with E-state index in [2.05, 4.69) is 12.2 Å². The van der Waals surface area contributed by atoms with Crippen LogP contribution in [0.25, 0.3) is 0 Å². The van der Waals surface area contributed by atoms with Crippen molar-refractivity contribution in [2.24, 2.45) is 0 Å². The molecule has 102 valence electrons. The van der Waals surface area contributed by atoms with Crippen LogP contribution < -0.4 is 5.32 Å². The molecule has 0 saturated heterocycles. The fraction of sp³-hybridized carbons (Fsp3) is 0.571. The average Bonchev–Trinajstić information content (AvgIpc) is 2.37. The molecule has 4 heteroatoms. The summed E-state index contributed by atoms with van der Waals surface area (Å²) < 4.78 is 5.35. The van der Waals surface area contributed by atoms with Gasteiger partial charge in [-0.25, -0.2) is 0 Å². The molecular weight excluding hydrogens is 250 g/mol. The Morgan fingerprint density at radius 3 is 2.72 bits per heavy atom. The van der Waals surface area contributed by atoms with Gasteiger partial charge in [0.1, 0.15) is 0 Å². The summed E-state index contributed by atoms with van der Waals surface area (Å²) in [5, 5.41) is 13.6. The van der Waals surface area contributed by atoms with Gasteiger partial charge in [-0.1, -0.05) is 37.1 Å². The lowest BCUT2D eigenvalue weighted by Crippen LogP contribution is -2.30. The number of nitrogens with one attached hydrogen (secondary N) is 1. The van der Waals surface area contributed by atoms with Crippen LogP contribution in [0.1, 0.15) is 25.3 Å². The smallest absolute Gasteiger partial charge is 0.0897 e. The summed E-state index contributed by atoms with van der Waals surface area (Å²) in [4.78, 5) is 0. The zero-order chi connectivity index (χ0) is 13.2. The molecule has 0 heterocycles. The average molecular weight is 272 g/mol. The SMILES string of the molecule is CCCCOCC(O)CNCc1ccc(Cl)cc1. The number of aliphatic hydroxyl groups is 1. The molecule has 0 aliphatic rings. The Morgan fingerprint density at radius 1 is 1.33 bits per heavy atom. The predicted molar refractivity (Wildman–Crippen MR) is 74.9 cm³/mol. The minimum atomic E-state index is -0.450. The summed E-state index contributed by atoms with van der Waals surface area (Å²) in [6, 6.07) is 7.67. The molecule has 18 heavy (non-hydrogen) atoms. The number of ether oxygens (including phenoxy) is 1. The maximum absolute atomic E-state index is 9.66. The first-order valence-corrected chi connectivity index (χ1v) is 6.81. The lowest BCUT2D eigenvalue weighted by molar-refractivity contribution is 0.0358. The monoisotopic (exact) mass is 271 g/mol. The Balaban J connectivity index is 2.07. The Bertz CT molecular complexity index is 316. The van der Waals surface area contributed by atoms with Crippen molar-refractivity contribution < 1.29 is 9.84 Å². The molecule has 0 aliphatic carbocycles. The zero-order valence-electron chi connectivity index (χ0n) is 10.9. The Morgan fingerprint density at radius 2 is 2.06 bits per heavy atom. The third kappa shape index (κ3) is 6.97. The van der Waals surface area contributed by atoms with Crippen molar-refractivity contribution in [1.82, 2.24) is 5.32 Å². The molecule has 0 aromatic heterocycles. The molecule has 1 unspecified atom stereocenters. The lowest BCUT2D eigenvalue weighted by atomic mass is 10.2. The number of hydrogen-bond acceptors (Lipinski definition) is 3. The van der Waals surface area contributed by atoms with Crippen molar-refractivity contribution in [1.29, 1.82) is 0 Å². The van der Waals surface area contributed by atoms with Crippen LogP contribution >= 0.6 is 11.6 Å². The maximum Gasteiger partial charge on any atom is 0.0897 e. The van der Waals surface area contributed by atoms with E-state index in [1.165, 1.54) is 0 Å². The predicted octanol–water partition coefficient (Wildman–Crippen LogP) is 2.61. The molecule has 0 aliphatic heterocycles. The Labute approximate surface area is 114 Å². The number of rotatable bonds is 9. The highest BCUT2D eigenvalue weighted by Crippen LogP contribution is 2.08. The minimum Gasteiger partial charge on any atom is -0.389 e. The summed E-state index contributed by atoms with van der Waals surface area (Å²) in [6.07, 6.45) is 1.71. The van der Waals surface area contributed by atoms with Gasteiger partial charge in [-0.05, 0) is 24.1 Å². The van der Waals surface area contributed by atoms with Crippen LogP contribution in [-0.4, -0.2) is 31.0 Å². The van der Waals surface area contributed by atoms with Crippen LogP contribution in [0.3, 0.4) is 0 Å². The van der Waals surface area contributed by atoms with Crippen molar-refractivity contribution in [2.45, 2.75) is 32.4 Å². The summed E-state index contributed by atoms with van der Waals surface area (Å²) in [5.74, 6) is 0. The molecular formula is C14H22ClNO2. The minimum absolute atomic E-state index is 0.396. The third-order valence-corrected chi connectivity index (χ3v) is 2.83. The molecule has 0 amide bonds. The van der Waals surface area contributed by atoms with Crippen LogP contribution in [0.2, 0.25) is 5.02 Å². The molecule has 1 aromatic rings. The topological polar surface area (TPSA) is 41.5 Å². The first kappa shape index (κ1) is 15.4. The van der Waals surface area contributed by atoms with Crippen LogP contribution in [0.4, 0.5) is 0 Å². The number of benzene rings is 1. The normalized spacial score (nSPS) is 12.6. The van der Waals surface area contributed by atoms with Crippen LogP contribution in [0.15, 0.2) is 24.3 Å². The quantitative estimate of drug-likeness (QED) is 0.679. The standard InChI is InChI=1S/C14H22ClNO2/c1-2-3-8-18-11-14(17)10-16-9-12-4-6-13(15)7-5-12/h4-7,14,16-17H,2-3,8-11H2,1H3. The molecule has 1 atom stereocenters. The number of hydrogen-bond donors (Lipinski definition) is 2. The van der Waals surface area contributed by atoms with Crippen molar-refractivity contribution in [3.8, 4) is 0 Å². The summed E-state index contributed by atoms with van der Waals surface area (Å²) in [5.41, 5.74) is 1.15. The zero-order valence-corrected chi connectivity index (χ0v) is 11.6. The highest BCUT2D eigenvalue weighted by Gasteiger charge is 2.03. The van der Waals surface area contributed by atoms with E-state index in [4.69, 9.17) is 16.3 Å². The Hall–Kier alpha value is -0.610. The van der Waals surface area contributed by atoms with Crippen molar-refractivity contribution >= 4 is 11.6 Å². The molecule has 3 nitrogen and oxygen atoms in total. The summed E-state index contributed by atoms with van der Waals surface area (Å²) >= 11 is 5.80. The van der Waals surface area contributed by atoms with Gasteiger partial charge in [0.15, 0.2) is 0 Å². The van der Waals surface area contributed by atoms with Gasteiger partial charge in [0.25, 0.3) is 0 Å². The fourth-order valence-electron chi connectivity index (χ4n) is 1.51. The molecule has 0 spiro atoms. The summed E-state index contributed by atoms with van der Waals surface area (Å²) in [7, 11) is 0. The molecule has 0 radical (unpaired) electrons. The van der Waals surface area contributed by atoms with Gasteiger partial charge >= 0.3 is 0 Å². The number of unbranched alkanes of at least 4 members (excludes halogenated alkanes) is 1. The van der Waals surface area contributed by atoms with E-state index < -0.39 is 6.10 Å². The number of halogens is 1. The highest BCUT2D eigenvalue weighted by molar-refractivity contribution is 6.30. The fourth-order valence-corrected chi connectivity index (χ4v) is 1.64. The molecule has 1 rings (SSSR count). The second-order valence-electron chi connectivity index (χ2n) is 4.34. The van der Waals surface area contributed by atoms with E-state index in [1.807, 2.05) is 24.3 Å². The second kappa shape index (κ2) is 9.34. The molecule has 0 saturated carbocycles. The molecule has 1 aromatic carbocycles. The van der Waals surface area contributed by atoms with Gasteiger partial charge < -0.3 is 15.2 Å². The maximum atomic E-state index is 9.66. The first-order valence-electron chi connectivity index (χ1n) is 6.43. The molecule has 0 bridgehead atoms. The van der Waals surface area contributed by atoms with Gasteiger partial charge in [-0.3, -0.25) is 0 Å². The van der Waals surface area contributed by atoms with Crippen LogP contribution in [0.5, 0.6) is 0 Å². The largest absolute Gasteiger partial charge is 0.389 e. The van der Waals surface area contributed by atoms with Gasteiger partial charge in [-0.2, -0.15) is 0 Å². The second-order valence-corrected chi connectivity index (χ2v) is 4.78. The highest BCUT2D eigenvalue weighted by atomic mass is 35.5. The first-order chi connectivity index (χ1) is 8.72. The van der Waals surface area contributed by atoms with E-state index in [9.17, 15) is 5.11 Å². The summed E-state index contributed by atoms with van der Waals surface area (Å²) in [6.45, 7) is 4.50. The van der Waals surface area contributed by atoms with E-state index in [-0.39, 0.29) is 0 Å². The van der Waals surface area contributed by atoms with Gasteiger partial charge in [0, 0.05) is 24.7 Å². The number of aliphatic hydroxyl groups excluding tert-OH is 1. The van der Waals surface area contributed by atoms with Crippen LogP contribution in [0, 0.1) is 0 Å². The van der Waals surface area contributed by atoms with Crippen molar-refractivity contribution in [3.63, 3.8) is 0 Å². The van der Waals surface area contributed by atoms with E-state index in [0.29, 0.717) is 13.2 Å². The third-order valence-electron chi connectivity index (χ3n) is 2.57. The van der Waals surface area contributed by atoms with Gasteiger partial charge in [0.2, 0.25) is 0 Å². The van der Waals surface area contributed by atoms with Gasteiger partial charge in [-0.15, -0.1) is 0 Å². The van der Waals surface area contributed by atoms with Crippen molar-refractivity contribution in [2.75, 3.05) is 19.8 Å². The molecule has 2 N–H and O–H groups in total. The van der Waals surface area contributed by atoms with Gasteiger partial charge in [0.05, 0.1) is 12.7 Å². The van der Waals surface area contributed by atoms with Crippen LogP contribution in [-0.2, 0) is 11.3 Å². The van der Waals surface area contributed by atoms with E-state index in [1.54, 1.807) is 0 Å². The lowest BCUT2D eigenvalue weighted by Gasteiger charge is -2.12. The van der Waals surface area contributed by atoms with E-state index >= 15 is 0 Å². The van der Waals surface area contributed by atoms with Crippen molar-refractivity contribution in [3.05, 3.63) is 34.9 Å². The Kier molecular flexibility index (Phi) is 8.01.